The highest BCUT2D eigenvalue weighted by molar-refractivity contribution is 5.89. The average molecular weight is 334 g/mol. The molecule has 1 fully saturated rings. The molecule has 8 heteroatoms. The third kappa shape index (κ3) is 4.15. The number of amides is 3. The van der Waals surface area contributed by atoms with E-state index in [9.17, 15) is 14.4 Å². The molecular formula is C16H22N4O4. The molecule has 1 unspecified atom stereocenters. The number of para-hydroxylation sites is 1. The summed E-state index contributed by atoms with van der Waals surface area (Å²) in [5.74, 6) is -1.41. The van der Waals surface area contributed by atoms with Crippen LogP contribution in [0.25, 0.3) is 0 Å². The number of nitrogens with one attached hydrogen (secondary N) is 2. The molecule has 1 aromatic rings. The Balaban J connectivity index is 1.97. The second-order valence-corrected chi connectivity index (χ2v) is 5.73. The van der Waals surface area contributed by atoms with Crippen molar-refractivity contribution >= 4 is 23.6 Å². The van der Waals surface area contributed by atoms with Gasteiger partial charge in [0, 0.05) is 13.6 Å². The number of rotatable bonds is 5. The monoisotopic (exact) mass is 334 g/mol. The standard InChI is InChI=1S/C16H22N4O4/c1-11(15(22)23)17-16(24)20-10-6-9-13(20)14(21)18-19(2)12-7-4-3-5-8-12/h3-5,7-8,11,13H,6,9-10H2,1-2H3,(H,17,24)(H,18,21)(H,22,23)/t11-,13?/m0/s1. The molecule has 130 valence electrons. The Hall–Kier alpha value is -2.77. The number of hydrazine groups is 1. The van der Waals surface area contributed by atoms with E-state index in [0.717, 1.165) is 5.69 Å². The third-order valence-electron chi connectivity index (χ3n) is 3.95. The first kappa shape index (κ1) is 17.6. The Labute approximate surface area is 140 Å². The number of urea groups is 1. The molecule has 3 N–H and O–H groups in total. The molecule has 1 aliphatic rings. The summed E-state index contributed by atoms with van der Waals surface area (Å²) in [6.07, 6.45) is 1.24. The number of hydrogen-bond acceptors (Lipinski definition) is 4. The first-order valence-electron chi connectivity index (χ1n) is 7.79. The first-order chi connectivity index (χ1) is 11.4. The number of carbonyl (C=O) groups is 3. The Morgan fingerprint density at radius 1 is 1.29 bits per heavy atom. The number of nitrogens with zero attached hydrogens (tertiary/aromatic N) is 2. The minimum Gasteiger partial charge on any atom is -0.480 e. The van der Waals surface area contributed by atoms with Crippen molar-refractivity contribution in [3.05, 3.63) is 30.3 Å². The van der Waals surface area contributed by atoms with Crippen molar-refractivity contribution in [1.29, 1.82) is 0 Å². The zero-order valence-electron chi connectivity index (χ0n) is 13.7. The van der Waals surface area contributed by atoms with Crippen molar-refractivity contribution in [2.75, 3.05) is 18.6 Å². The van der Waals surface area contributed by atoms with Gasteiger partial charge < -0.3 is 15.3 Å². The van der Waals surface area contributed by atoms with E-state index in [2.05, 4.69) is 10.7 Å². The van der Waals surface area contributed by atoms with Gasteiger partial charge in [-0.3, -0.25) is 20.0 Å². The number of carbonyl (C=O) groups excluding carboxylic acids is 2. The lowest BCUT2D eigenvalue weighted by Crippen LogP contribution is -2.54. The average Bonchev–Trinajstić information content (AvgIpc) is 3.05. The smallest absolute Gasteiger partial charge is 0.325 e. The highest BCUT2D eigenvalue weighted by atomic mass is 16.4. The fourth-order valence-corrected chi connectivity index (χ4v) is 2.57. The lowest BCUT2D eigenvalue weighted by molar-refractivity contribution is -0.138. The second-order valence-electron chi connectivity index (χ2n) is 5.73. The van der Waals surface area contributed by atoms with E-state index in [1.165, 1.54) is 11.8 Å². The molecule has 1 heterocycles. The van der Waals surface area contributed by atoms with Crippen LogP contribution in [-0.2, 0) is 9.59 Å². The SMILES string of the molecule is C[C@H](NC(=O)N1CCCC1C(=O)NN(C)c1ccccc1)C(=O)O. The third-order valence-corrected chi connectivity index (χ3v) is 3.95. The molecule has 1 aromatic carbocycles. The minimum absolute atomic E-state index is 0.294. The molecule has 1 saturated heterocycles. The maximum atomic E-state index is 12.5. The number of hydrogen-bond donors (Lipinski definition) is 3. The van der Waals surface area contributed by atoms with E-state index < -0.39 is 24.1 Å². The Bertz CT molecular complexity index is 607. The van der Waals surface area contributed by atoms with Crippen molar-refractivity contribution < 1.29 is 19.5 Å². The molecule has 0 radical (unpaired) electrons. The van der Waals surface area contributed by atoms with Crippen LogP contribution in [0.4, 0.5) is 10.5 Å². The number of benzene rings is 1. The molecule has 0 aromatic heterocycles. The zero-order valence-corrected chi connectivity index (χ0v) is 13.7. The fraction of sp³-hybridized carbons (Fsp3) is 0.438. The maximum absolute atomic E-state index is 12.5. The molecule has 3 amide bonds. The van der Waals surface area contributed by atoms with Crippen LogP contribution in [0, 0.1) is 0 Å². The van der Waals surface area contributed by atoms with Gasteiger partial charge >= 0.3 is 12.0 Å². The number of carboxylic acids is 1. The van der Waals surface area contributed by atoms with Crippen LogP contribution < -0.4 is 15.8 Å². The van der Waals surface area contributed by atoms with Crippen molar-refractivity contribution in [3.63, 3.8) is 0 Å². The van der Waals surface area contributed by atoms with Crippen LogP contribution in [0.5, 0.6) is 0 Å². The van der Waals surface area contributed by atoms with Gasteiger partial charge in [-0.2, -0.15) is 0 Å². The Morgan fingerprint density at radius 3 is 2.58 bits per heavy atom. The summed E-state index contributed by atoms with van der Waals surface area (Å²) < 4.78 is 0. The van der Waals surface area contributed by atoms with E-state index in [1.807, 2.05) is 30.3 Å². The molecule has 0 aliphatic carbocycles. The van der Waals surface area contributed by atoms with Gasteiger partial charge in [-0.25, -0.2) is 4.79 Å². The first-order valence-corrected chi connectivity index (χ1v) is 7.79. The van der Waals surface area contributed by atoms with E-state index in [0.29, 0.717) is 19.4 Å². The summed E-state index contributed by atoms with van der Waals surface area (Å²) in [7, 11) is 1.72. The highest BCUT2D eigenvalue weighted by Crippen LogP contribution is 2.18. The molecule has 2 atom stereocenters. The van der Waals surface area contributed by atoms with Crippen molar-refractivity contribution in [2.24, 2.45) is 0 Å². The quantitative estimate of drug-likeness (QED) is 0.691. The molecule has 1 aliphatic heterocycles. The predicted molar refractivity (Wildman–Crippen MR) is 88.3 cm³/mol. The van der Waals surface area contributed by atoms with Gasteiger partial charge in [-0.05, 0) is 31.9 Å². The van der Waals surface area contributed by atoms with E-state index in [1.54, 1.807) is 12.1 Å². The number of anilines is 1. The van der Waals surface area contributed by atoms with Crippen LogP contribution in [0.15, 0.2) is 30.3 Å². The van der Waals surface area contributed by atoms with Gasteiger partial charge in [0.25, 0.3) is 5.91 Å². The molecular weight excluding hydrogens is 312 g/mol. The van der Waals surface area contributed by atoms with Crippen LogP contribution in [0.2, 0.25) is 0 Å². The molecule has 8 nitrogen and oxygen atoms in total. The molecule has 0 bridgehead atoms. The van der Waals surface area contributed by atoms with Crippen LogP contribution >= 0.6 is 0 Å². The van der Waals surface area contributed by atoms with Crippen LogP contribution in [-0.4, -0.2) is 53.6 Å². The summed E-state index contributed by atoms with van der Waals surface area (Å²) in [6.45, 7) is 1.81. The number of carboxylic acid groups (broad SMARTS) is 1. The fourth-order valence-electron chi connectivity index (χ4n) is 2.57. The second kappa shape index (κ2) is 7.67. The van der Waals surface area contributed by atoms with E-state index >= 15 is 0 Å². The van der Waals surface area contributed by atoms with E-state index in [4.69, 9.17) is 5.11 Å². The summed E-state index contributed by atoms with van der Waals surface area (Å²) in [5, 5.41) is 12.9. The van der Waals surface area contributed by atoms with Crippen LogP contribution in [0.1, 0.15) is 19.8 Å². The highest BCUT2D eigenvalue weighted by Gasteiger charge is 2.35. The Morgan fingerprint density at radius 2 is 1.96 bits per heavy atom. The Kier molecular flexibility index (Phi) is 5.62. The summed E-state index contributed by atoms with van der Waals surface area (Å²) in [4.78, 5) is 36.9. The summed E-state index contributed by atoms with van der Waals surface area (Å²) >= 11 is 0. The largest absolute Gasteiger partial charge is 0.480 e. The van der Waals surface area contributed by atoms with Gasteiger partial charge in [0.15, 0.2) is 0 Å². The van der Waals surface area contributed by atoms with Crippen molar-refractivity contribution in [3.8, 4) is 0 Å². The minimum atomic E-state index is -1.12. The molecule has 0 saturated carbocycles. The van der Waals surface area contributed by atoms with Crippen molar-refractivity contribution in [1.82, 2.24) is 15.6 Å². The normalized spacial score (nSPS) is 17.9. The molecule has 0 spiro atoms. The van der Waals surface area contributed by atoms with Crippen molar-refractivity contribution in [2.45, 2.75) is 31.8 Å². The van der Waals surface area contributed by atoms with Gasteiger partial charge in [0.05, 0.1) is 5.69 Å². The van der Waals surface area contributed by atoms with Gasteiger partial charge in [-0.1, -0.05) is 18.2 Å². The van der Waals surface area contributed by atoms with Crippen LogP contribution in [0.3, 0.4) is 0 Å². The van der Waals surface area contributed by atoms with Gasteiger partial charge in [0.2, 0.25) is 0 Å². The predicted octanol–water partition coefficient (Wildman–Crippen LogP) is 0.801. The summed E-state index contributed by atoms with van der Waals surface area (Å²) in [5.41, 5.74) is 3.57. The zero-order chi connectivity index (χ0) is 17.7. The maximum Gasteiger partial charge on any atom is 0.325 e. The van der Waals surface area contributed by atoms with E-state index in [-0.39, 0.29) is 5.91 Å². The van der Waals surface area contributed by atoms with Gasteiger partial charge in [0.1, 0.15) is 12.1 Å². The lowest BCUT2D eigenvalue weighted by Gasteiger charge is -2.28. The summed E-state index contributed by atoms with van der Waals surface area (Å²) in [6, 6.07) is 7.16. The molecule has 2 rings (SSSR count). The van der Waals surface area contributed by atoms with Gasteiger partial charge in [-0.15, -0.1) is 0 Å². The number of aliphatic carboxylic acids is 1. The molecule has 24 heavy (non-hydrogen) atoms. The number of likely N-dealkylation sites (tertiary alicyclic amines) is 1. The topological polar surface area (TPSA) is 102 Å². The lowest BCUT2D eigenvalue weighted by atomic mass is 10.2.